The van der Waals surface area contributed by atoms with E-state index in [4.69, 9.17) is 9.47 Å². The van der Waals surface area contributed by atoms with Gasteiger partial charge in [0.05, 0.1) is 13.2 Å². The molecule has 3 aliphatic heterocycles. The van der Waals surface area contributed by atoms with Gasteiger partial charge in [0, 0.05) is 32.5 Å². The highest BCUT2D eigenvalue weighted by atomic mass is 16.5. The maximum atomic E-state index is 13.7. The molecule has 210 valence electrons. The molecular formula is C31H47N3O4. The smallest absolute Gasteiger partial charge is 0.246 e. The molecule has 3 saturated heterocycles. The van der Waals surface area contributed by atoms with Gasteiger partial charge in [-0.25, -0.2) is 0 Å². The Balaban J connectivity index is 1.15. The van der Waals surface area contributed by atoms with Gasteiger partial charge in [-0.15, -0.1) is 0 Å². The van der Waals surface area contributed by atoms with Gasteiger partial charge in [-0.2, -0.15) is 0 Å². The van der Waals surface area contributed by atoms with E-state index in [1.807, 2.05) is 0 Å². The standard InChI is InChI=1S/C31H47N3O4/c1-2-3-15-31(22-24-7-5-4-6-8-24)29(36)32-30(28(35)33-31)16-18-34(19-17-30)23-25-9-11-26(12-10-25)38-27-13-20-37-21-14-27/h9-12,24,27H,2-8,13-23H2,1H3,(H,32,36)(H,33,35)/t31-/m0/s1. The van der Waals surface area contributed by atoms with Crippen LogP contribution in [0.15, 0.2) is 24.3 Å². The second kappa shape index (κ2) is 12.4. The SMILES string of the molecule is CCCC[C@@]1(CC2CCCCC2)NC(=O)C2(CCN(Cc3ccc(OC4CCOCC4)cc3)CC2)NC1=O. The van der Waals surface area contributed by atoms with E-state index in [2.05, 4.69) is 46.7 Å². The highest BCUT2D eigenvalue weighted by Gasteiger charge is 2.54. The van der Waals surface area contributed by atoms with Gasteiger partial charge in [0.1, 0.15) is 22.9 Å². The van der Waals surface area contributed by atoms with Crippen LogP contribution < -0.4 is 15.4 Å². The molecule has 1 saturated carbocycles. The van der Waals surface area contributed by atoms with Gasteiger partial charge in [-0.1, -0.05) is 64.0 Å². The van der Waals surface area contributed by atoms with Crippen molar-refractivity contribution in [3.05, 3.63) is 29.8 Å². The number of hydrogen-bond acceptors (Lipinski definition) is 5. The van der Waals surface area contributed by atoms with Crippen molar-refractivity contribution in [1.82, 2.24) is 15.5 Å². The number of nitrogens with zero attached hydrogens (tertiary/aromatic N) is 1. The number of carbonyl (C=O) groups is 2. The molecule has 1 spiro atoms. The summed E-state index contributed by atoms with van der Waals surface area (Å²) in [5, 5.41) is 6.63. The van der Waals surface area contributed by atoms with Crippen molar-refractivity contribution < 1.29 is 19.1 Å². The number of nitrogens with one attached hydrogen (secondary N) is 2. The number of unbranched alkanes of at least 4 members (excludes halogenated alkanes) is 1. The number of benzene rings is 1. The van der Waals surface area contributed by atoms with E-state index in [0.29, 0.717) is 18.8 Å². The normalized spacial score (nSPS) is 27.2. The molecule has 1 aliphatic carbocycles. The lowest BCUT2D eigenvalue weighted by atomic mass is 9.73. The predicted octanol–water partition coefficient (Wildman–Crippen LogP) is 4.72. The maximum Gasteiger partial charge on any atom is 0.246 e. The fraction of sp³-hybridized carbons (Fsp3) is 0.742. The third kappa shape index (κ3) is 6.36. The van der Waals surface area contributed by atoms with Crippen molar-refractivity contribution >= 4 is 11.8 Å². The Morgan fingerprint density at radius 3 is 2.34 bits per heavy atom. The molecule has 1 aromatic carbocycles. The Kier molecular flexibility index (Phi) is 8.94. The van der Waals surface area contributed by atoms with Crippen LogP contribution in [0.1, 0.15) is 96.0 Å². The van der Waals surface area contributed by atoms with E-state index < -0.39 is 11.1 Å². The highest BCUT2D eigenvalue weighted by Crippen LogP contribution is 2.37. The monoisotopic (exact) mass is 525 g/mol. The minimum absolute atomic E-state index is 0.0401. The Bertz CT molecular complexity index is 931. The number of piperazine rings is 1. The lowest BCUT2D eigenvalue weighted by molar-refractivity contribution is -0.150. The molecule has 3 heterocycles. The van der Waals surface area contributed by atoms with Crippen LogP contribution in [0, 0.1) is 5.92 Å². The summed E-state index contributed by atoms with van der Waals surface area (Å²) in [4.78, 5) is 29.7. The fourth-order valence-electron chi connectivity index (χ4n) is 6.93. The zero-order chi connectivity index (χ0) is 26.4. The number of ether oxygens (including phenoxy) is 2. The highest BCUT2D eigenvalue weighted by molar-refractivity contribution is 6.02. The first-order chi connectivity index (χ1) is 18.5. The van der Waals surface area contributed by atoms with Crippen molar-refractivity contribution in [2.45, 2.75) is 114 Å². The Labute approximate surface area is 228 Å². The summed E-state index contributed by atoms with van der Waals surface area (Å²) in [7, 11) is 0. The van der Waals surface area contributed by atoms with E-state index in [1.54, 1.807) is 0 Å². The molecule has 2 amide bonds. The van der Waals surface area contributed by atoms with Crippen molar-refractivity contribution in [1.29, 1.82) is 0 Å². The second-order valence-electron chi connectivity index (χ2n) is 12.2. The lowest BCUT2D eigenvalue weighted by Crippen LogP contribution is -2.76. The average Bonchev–Trinajstić information content (AvgIpc) is 2.94. The summed E-state index contributed by atoms with van der Waals surface area (Å²) >= 11 is 0. The number of piperidine rings is 1. The molecule has 7 heteroatoms. The minimum Gasteiger partial charge on any atom is -0.490 e. The summed E-state index contributed by atoms with van der Waals surface area (Å²) in [5.74, 6) is 1.55. The molecule has 0 aromatic heterocycles. The topological polar surface area (TPSA) is 79.9 Å². The molecule has 0 unspecified atom stereocenters. The minimum atomic E-state index is -0.767. The third-order valence-corrected chi connectivity index (χ3v) is 9.40. The zero-order valence-electron chi connectivity index (χ0n) is 23.3. The molecular weight excluding hydrogens is 478 g/mol. The number of carbonyl (C=O) groups excluding carboxylic acids is 2. The van der Waals surface area contributed by atoms with E-state index in [9.17, 15) is 9.59 Å². The summed E-state index contributed by atoms with van der Waals surface area (Å²) in [6.45, 7) is 6.12. The van der Waals surface area contributed by atoms with Gasteiger partial charge in [0.2, 0.25) is 11.8 Å². The van der Waals surface area contributed by atoms with Crippen molar-refractivity contribution in [2.24, 2.45) is 5.92 Å². The third-order valence-electron chi connectivity index (χ3n) is 9.40. The maximum absolute atomic E-state index is 13.7. The molecule has 7 nitrogen and oxygen atoms in total. The molecule has 4 fully saturated rings. The Morgan fingerprint density at radius 1 is 0.947 bits per heavy atom. The lowest BCUT2D eigenvalue weighted by Gasteiger charge is -2.50. The number of rotatable bonds is 9. The predicted molar refractivity (Wildman–Crippen MR) is 148 cm³/mol. The summed E-state index contributed by atoms with van der Waals surface area (Å²) in [5.41, 5.74) is -0.257. The van der Waals surface area contributed by atoms with Crippen LogP contribution >= 0.6 is 0 Å². The number of likely N-dealkylation sites (tertiary alicyclic amines) is 1. The van der Waals surface area contributed by atoms with Gasteiger partial charge in [-0.3, -0.25) is 14.5 Å². The van der Waals surface area contributed by atoms with E-state index >= 15 is 0 Å². The van der Waals surface area contributed by atoms with E-state index in [0.717, 1.165) is 77.1 Å². The van der Waals surface area contributed by atoms with Crippen LogP contribution in [0.5, 0.6) is 5.75 Å². The molecule has 5 rings (SSSR count). The largest absolute Gasteiger partial charge is 0.490 e. The number of amides is 2. The fourth-order valence-corrected chi connectivity index (χ4v) is 6.93. The summed E-state index contributed by atoms with van der Waals surface area (Å²) in [6.07, 6.45) is 13.1. The molecule has 4 aliphatic rings. The molecule has 38 heavy (non-hydrogen) atoms. The molecule has 0 bridgehead atoms. The molecule has 0 radical (unpaired) electrons. The zero-order valence-corrected chi connectivity index (χ0v) is 23.3. The van der Waals surface area contributed by atoms with Gasteiger partial charge < -0.3 is 20.1 Å². The quantitative estimate of drug-likeness (QED) is 0.488. The average molecular weight is 526 g/mol. The van der Waals surface area contributed by atoms with Gasteiger partial charge in [-0.05, 0) is 49.3 Å². The van der Waals surface area contributed by atoms with Crippen LogP contribution in [0.2, 0.25) is 0 Å². The van der Waals surface area contributed by atoms with Crippen molar-refractivity contribution in [2.75, 3.05) is 26.3 Å². The Hall–Kier alpha value is -2.12. The van der Waals surface area contributed by atoms with Gasteiger partial charge in [0.25, 0.3) is 0 Å². The van der Waals surface area contributed by atoms with Crippen LogP contribution in [0.25, 0.3) is 0 Å². The van der Waals surface area contributed by atoms with Crippen LogP contribution in [0.4, 0.5) is 0 Å². The van der Waals surface area contributed by atoms with E-state index in [-0.39, 0.29) is 17.9 Å². The summed E-state index contributed by atoms with van der Waals surface area (Å²) in [6, 6.07) is 8.41. The number of hydrogen-bond donors (Lipinski definition) is 2. The second-order valence-corrected chi connectivity index (χ2v) is 12.2. The van der Waals surface area contributed by atoms with Crippen LogP contribution in [-0.2, 0) is 20.9 Å². The summed E-state index contributed by atoms with van der Waals surface area (Å²) < 4.78 is 11.5. The van der Waals surface area contributed by atoms with Crippen molar-refractivity contribution in [3.63, 3.8) is 0 Å². The Morgan fingerprint density at radius 2 is 1.66 bits per heavy atom. The van der Waals surface area contributed by atoms with Crippen molar-refractivity contribution in [3.8, 4) is 5.75 Å². The van der Waals surface area contributed by atoms with Gasteiger partial charge in [0.15, 0.2) is 0 Å². The first kappa shape index (κ1) is 27.4. The van der Waals surface area contributed by atoms with Crippen LogP contribution in [-0.4, -0.2) is 60.2 Å². The first-order valence-electron chi connectivity index (χ1n) is 15.2. The van der Waals surface area contributed by atoms with E-state index in [1.165, 1.54) is 37.7 Å². The molecule has 1 aromatic rings. The van der Waals surface area contributed by atoms with Gasteiger partial charge >= 0.3 is 0 Å². The molecule has 1 atom stereocenters. The first-order valence-corrected chi connectivity index (χ1v) is 15.2. The molecule has 2 N–H and O–H groups in total. The van der Waals surface area contributed by atoms with Crippen LogP contribution in [0.3, 0.4) is 0 Å².